The lowest BCUT2D eigenvalue weighted by molar-refractivity contribution is 0.189. The summed E-state index contributed by atoms with van der Waals surface area (Å²) in [7, 11) is 2.04. The molecule has 1 aromatic heterocycles. The predicted molar refractivity (Wildman–Crippen MR) is 83.3 cm³/mol. The maximum Gasteiger partial charge on any atom is 0.264 e. The van der Waals surface area contributed by atoms with E-state index < -0.39 is 0 Å². The molecule has 2 heterocycles. The number of ether oxygens (including phenoxy) is 1. The van der Waals surface area contributed by atoms with Crippen LogP contribution >= 0.6 is 23.2 Å². The summed E-state index contributed by atoms with van der Waals surface area (Å²) >= 11 is 12.1. The molecule has 0 radical (unpaired) electrons. The maximum absolute atomic E-state index is 6.05. The summed E-state index contributed by atoms with van der Waals surface area (Å²) in [5, 5.41) is 8.25. The molecule has 1 saturated heterocycles. The Labute approximate surface area is 138 Å². The molecule has 2 aromatic rings. The fourth-order valence-electron chi connectivity index (χ4n) is 2.31. The Morgan fingerprint density at radius 3 is 2.91 bits per heavy atom. The smallest absolute Gasteiger partial charge is 0.264 e. The minimum absolute atomic E-state index is 0.107. The van der Waals surface area contributed by atoms with Crippen molar-refractivity contribution in [2.24, 2.45) is 0 Å². The van der Waals surface area contributed by atoms with Gasteiger partial charge in [0.2, 0.25) is 0 Å². The fraction of sp³-hybridized carbons (Fsp3) is 0.429. The monoisotopic (exact) mass is 342 g/mol. The van der Waals surface area contributed by atoms with Crippen molar-refractivity contribution in [2.45, 2.75) is 12.6 Å². The molecule has 118 valence electrons. The van der Waals surface area contributed by atoms with Crippen LogP contribution in [0.25, 0.3) is 0 Å². The summed E-state index contributed by atoms with van der Waals surface area (Å²) < 4.78 is 10.8. The van der Waals surface area contributed by atoms with Gasteiger partial charge in [-0.15, -0.1) is 0 Å². The average Bonchev–Trinajstić information content (AvgIpc) is 2.96. The van der Waals surface area contributed by atoms with Gasteiger partial charge in [0.1, 0.15) is 0 Å². The molecule has 0 bridgehead atoms. The average molecular weight is 343 g/mol. The Bertz CT molecular complexity index is 629. The van der Waals surface area contributed by atoms with Gasteiger partial charge in [0.05, 0.1) is 16.1 Å². The molecule has 6 nitrogen and oxygen atoms in total. The minimum Gasteiger partial charge on any atom is -0.481 e. The van der Waals surface area contributed by atoms with Crippen LogP contribution in [0.3, 0.4) is 0 Å². The number of likely N-dealkylation sites (N-methyl/N-ethyl adjacent to an activating group) is 1. The molecule has 0 spiro atoms. The third-order valence-corrected chi connectivity index (χ3v) is 4.15. The second-order valence-corrected chi connectivity index (χ2v) is 5.90. The lowest BCUT2D eigenvalue weighted by atomic mass is 10.2. The lowest BCUT2D eigenvalue weighted by Crippen LogP contribution is -2.44. The van der Waals surface area contributed by atoms with Gasteiger partial charge in [-0.25, -0.2) is 0 Å². The summed E-state index contributed by atoms with van der Waals surface area (Å²) in [6.07, 6.45) is 0. The number of benzene rings is 1. The van der Waals surface area contributed by atoms with Crippen LogP contribution in [0.1, 0.15) is 17.8 Å². The van der Waals surface area contributed by atoms with Crippen LogP contribution in [0.2, 0.25) is 10.0 Å². The molecule has 0 aliphatic carbocycles. The van der Waals surface area contributed by atoms with Crippen molar-refractivity contribution < 1.29 is 9.26 Å². The first-order chi connectivity index (χ1) is 10.6. The second kappa shape index (κ2) is 6.83. The quantitative estimate of drug-likeness (QED) is 0.921. The summed E-state index contributed by atoms with van der Waals surface area (Å²) in [6.45, 7) is 2.83. The Balaban J connectivity index is 1.67. The van der Waals surface area contributed by atoms with Crippen LogP contribution in [0.4, 0.5) is 0 Å². The zero-order valence-electron chi connectivity index (χ0n) is 12.1. The van der Waals surface area contributed by atoms with Gasteiger partial charge in [-0.05, 0) is 19.2 Å². The maximum atomic E-state index is 6.05. The SMILES string of the molecule is CN1CCNCC1c1noc(COc2c(Cl)cccc2Cl)n1. The van der Waals surface area contributed by atoms with Crippen molar-refractivity contribution in [3.63, 3.8) is 0 Å². The van der Waals surface area contributed by atoms with Gasteiger partial charge in [-0.1, -0.05) is 34.4 Å². The Morgan fingerprint density at radius 1 is 1.41 bits per heavy atom. The van der Waals surface area contributed by atoms with Gasteiger partial charge >= 0.3 is 0 Å². The Hall–Kier alpha value is -1.34. The summed E-state index contributed by atoms with van der Waals surface area (Å²) in [5.74, 6) is 1.46. The molecular weight excluding hydrogens is 327 g/mol. The summed E-state index contributed by atoms with van der Waals surface area (Å²) in [4.78, 5) is 6.58. The van der Waals surface area contributed by atoms with Crippen molar-refractivity contribution in [1.29, 1.82) is 0 Å². The van der Waals surface area contributed by atoms with Gasteiger partial charge in [-0.3, -0.25) is 4.90 Å². The number of aromatic nitrogens is 2. The molecule has 22 heavy (non-hydrogen) atoms. The molecule has 1 aliphatic heterocycles. The molecule has 1 unspecified atom stereocenters. The number of piperazine rings is 1. The molecule has 1 atom stereocenters. The molecule has 1 fully saturated rings. The van der Waals surface area contributed by atoms with Crippen LogP contribution in [-0.4, -0.2) is 41.7 Å². The van der Waals surface area contributed by atoms with Crippen LogP contribution < -0.4 is 10.1 Å². The number of rotatable bonds is 4. The van der Waals surface area contributed by atoms with E-state index in [9.17, 15) is 0 Å². The zero-order chi connectivity index (χ0) is 15.5. The highest BCUT2D eigenvalue weighted by Gasteiger charge is 2.25. The lowest BCUT2D eigenvalue weighted by Gasteiger charge is -2.30. The van der Waals surface area contributed by atoms with Gasteiger partial charge in [0.15, 0.2) is 18.2 Å². The topological polar surface area (TPSA) is 63.4 Å². The standard InChI is InChI=1S/C14H16Cl2N4O2/c1-20-6-5-17-7-11(20)14-18-12(22-19-14)8-21-13-9(15)3-2-4-10(13)16/h2-4,11,17H,5-8H2,1H3. The van der Waals surface area contributed by atoms with E-state index in [2.05, 4.69) is 20.4 Å². The van der Waals surface area contributed by atoms with E-state index in [1.54, 1.807) is 18.2 Å². The first-order valence-electron chi connectivity index (χ1n) is 6.95. The van der Waals surface area contributed by atoms with Crippen molar-refractivity contribution in [3.05, 3.63) is 40.0 Å². The van der Waals surface area contributed by atoms with Gasteiger partial charge < -0.3 is 14.6 Å². The zero-order valence-corrected chi connectivity index (χ0v) is 13.6. The Morgan fingerprint density at radius 2 is 2.18 bits per heavy atom. The minimum atomic E-state index is 0.107. The molecular formula is C14H16Cl2N4O2. The number of hydrogen-bond acceptors (Lipinski definition) is 6. The van der Waals surface area contributed by atoms with E-state index in [-0.39, 0.29) is 12.6 Å². The first kappa shape index (κ1) is 15.6. The van der Waals surface area contributed by atoms with E-state index in [1.165, 1.54) is 0 Å². The largest absolute Gasteiger partial charge is 0.481 e. The van der Waals surface area contributed by atoms with Crippen molar-refractivity contribution in [1.82, 2.24) is 20.4 Å². The number of halogens is 2. The van der Waals surface area contributed by atoms with E-state index in [0.717, 1.165) is 19.6 Å². The molecule has 0 amide bonds. The van der Waals surface area contributed by atoms with E-state index >= 15 is 0 Å². The third-order valence-electron chi connectivity index (χ3n) is 3.55. The van der Waals surface area contributed by atoms with Gasteiger partial charge in [-0.2, -0.15) is 4.98 Å². The van der Waals surface area contributed by atoms with Crippen LogP contribution in [0.5, 0.6) is 5.75 Å². The highest BCUT2D eigenvalue weighted by atomic mass is 35.5. The van der Waals surface area contributed by atoms with Gasteiger partial charge in [0, 0.05) is 19.6 Å². The van der Waals surface area contributed by atoms with Crippen molar-refractivity contribution in [3.8, 4) is 5.75 Å². The number of hydrogen-bond donors (Lipinski definition) is 1. The highest BCUT2D eigenvalue weighted by molar-refractivity contribution is 6.37. The van der Waals surface area contributed by atoms with Crippen LogP contribution in [0, 0.1) is 0 Å². The van der Waals surface area contributed by atoms with Crippen LogP contribution in [0.15, 0.2) is 22.7 Å². The molecule has 1 aliphatic rings. The van der Waals surface area contributed by atoms with E-state index in [4.69, 9.17) is 32.5 Å². The van der Waals surface area contributed by atoms with Gasteiger partial charge in [0.25, 0.3) is 5.89 Å². The fourth-order valence-corrected chi connectivity index (χ4v) is 2.82. The summed E-state index contributed by atoms with van der Waals surface area (Å²) in [6, 6.07) is 5.29. The summed E-state index contributed by atoms with van der Waals surface area (Å²) in [5.41, 5.74) is 0. The van der Waals surface area contributed by atoms with Crippen LogP contribution in [-0.2, 0) is 6.61 Å². The first-order valence-corrected chi connectivity index (χ1v) is 7.71. The normalized spacial score (nSPS) is 19.3. The predicted octanol–water partition coefficient (Wildman–Crippen LogP) is 2.53. The highest BCUT2D eigenvalue weighted by Crippen LogP contribution is 2.32. The molecule has 1 aromatic carbocycles. The number of para-hydroxylation sites is 1. The second-order valence-electron chi connectivity index (χ2n) is 5.09. The van der Waals surface area contributed by atoms with E-state index in [0.29, 0.717) is 27.5 Å². The molecule has 1 N–H and O–H groups in total. The molecule has 8 heteroatoms. The number of nitrogens with zero attached hydrogens (tertiary/aromatic N) is 3. The van der Waals surface area contributed by atoms with Crippen molar-refractivity contribution in [2.75, 3.05) is 26.7 Å². The molecule has 0 saturated carbocycles. The van der Waals surface area contributed by atoms with E-state index in [1.807, 2.05) is 7.05 Å². The number of nitrogens with one attached hydrogen (secondary N) is 1. The molecule has 3 rings (SSSR count). The Kier molecular flexibility index (Phi) is 4.83. The van der Waals surface area contributed by atoms with Crippen molar-refractivity contribution >= 4 is 23.2 Å². The third kappa shape index (κ3) is 3.35.